The van der Waals surface area contributed by atoms with Crippen LogP contribution in [0.5, 0.6) is 5.75 Å². The molecule has 0 aliphatic heterocycles. The number of nitrogens with one attached hydrogen (secondary N) is 3. The molecule has 1 fully saturated rings. The van der Waals surface area contributed by atoms with Gasteiger partial charge in [-0.2, -0.15) is 0 Å². The molecule has 0 spiro atoms. The number of amides is 3. The Morgan fingerprint density at radius 2 is 1.74 bits per heavy atom. The molecule has 27 heavy (non-hydrogen) atoms. The van der Waals surface area contributed by atoms with Gasteiger partial charge in [0.05, 0.1) is 5.54 Å². The molecule has 6 nitrogen and oxygen atoms in total. The maximum Gasteiger partial charge on any atom is 0.319 e. The van der Waals surface area contributed by atoms with E-state index in [1.165, 1.54) is 0 Å². The van der Waals surface area contributed by atoms with Gasteiger partial charge >= 0.3 is 6.03 Å². The number of carbonyl (C=O) groups is 2. The van der Waals surface area contributed by atoms with Gasteiger partial charge in [0.2, 0.25) is 0 Å². The monoisotopic (exact) mass is 367 g/mol. The second-order valence-corrected chi connectivity index (χ2v) is 6.65. The number of rotatable bonds is 7. The molecule has 0 atom stereocenters. The molecule has 6 heteroatoms. The summed E-state index contributed by atoms with van der Waals surface area (Å²) in [5.74, 6) is 0.415. The molecule has 142 valence electrons. The molecule has 3 rings (SSSR count). The van der Waals surface area contributed by atoms with Crippen molar-refractivity contribution in [3.8, 4) is 5.75 Å². The molecule has 1 aliphatic carbocycles. The van der Waals surface area contributed by atoms with Gasteiger partial charge in [0.15, 0.2) is 6.61 Å². The highest BCUT2D eigenvalue weighted by Gasteiger charge is 2.39. The molecule has 2 aromatic rings. The van der Waals surface area contributed by atoms with Crippen LogP contribution in [0, 0.1) is 0 Å². The van der Waals surface area contributed by atoms with Crippen molar-refractivity contribution < 1.29 is 14.3 Å². The van der Waals surface area contributed by atoms with Crippen LogP contribution in [0.3, 0.4) is 0 Å². The van der Waals surface area contributed by atoms with E-state index in [4.69, 9.17) is 4.74 Å². The van der Waals surface area contributed by atoms with Crippen LogP contribution in [-0.4, -0.2) is 25.1 Å². The lowest BCUT2D eigenvalue weighted by atomic mass is 9.72. The lowest BCUT2D eigenvalue weighted by Crippen LogP contribution is -2.52. The Morgan fingerprint density at radius 3 is 2.33 bits per heavy atom. The smallest absolute Gasteiger partial charge is 0.319 e. The van der Waals surface area contributed by atoms with Crippen LogP contribution in [0.2, 0.25) is 0 Å². The van der Waals surface area contributed by atoms with Gasteiger partial charge in [-0.05, 0) is 56.0 Å². The van der Waals surface area contributed by atoms with Gasteiger partial charge in [-0.15, -0.1) is 0 Å². The summed E-state index contributed by atoms with van der Waals surface area (Å²) in [5, 5.41) is 8.66. The fraction of sp³-hybridized carbons (Fsp3) is 0.333. The van der Waals surface area contributed by atoms with Crippen LogP contribution in [-0.2, 0) is 10.3 Å². The van der Waals surface area contributed by atoms with Gasteiger partial charge in [-0.25, -0.2) is 4.79 Å². The van der Waals surface area contributed by atoms with Crippen molar-refractivity contribution in [3.05, 3.63) is 60.2 Å². The van der Waals surface area contributed by atoms with Crippen LogP contribution in [0.25, 0.3) is 0 Å². The summed E-state index contributed by atoms with van der Waals surface area (Å²) in [7, 11) is 0. The average molecular weight is 367 g/mol. The summed E-state index contributed by atoms with van der Waals surface area (Å²) in [5.41, 5.74) is 1.53. The summed E-state index contributed by atoms with van der Waals surface area (Å²) in [6.45, 7) is 2.40. The second kappa shape index (κ2) is 8.58. The van der Waals surface area contributed by atoms with E-state index in [0.717, 1.165) is 24.8 Å². The zero-order valence-electron chi connectivity index (χ0n) is 15.5. The normalized spacial score (nSPS) is 14.6. The molecular weight excluding hydrogens is 342 g/mol. The summed E-state index contributed by atoms with van der Waals surface area (Å²) in [4.78, 5) is 23.9. The number of anilines is 1. The van der Waals surface area contributed by atoms with Gasteiger partial charge in [0, 0.05) is 12.2 Å². The minimum absolute atomic E-state index is 0.0271. The number of ether oxygens (including phenoxy) is 1. The van der Waals surface area contributed by atoms with Gasteiger partial charge in [-0.3, -0.25) is 4.79 Å². The highest BCUT2D eigenvalue weighted by Crippen LogP contribution is 2.41. The first-order valence-corrected chi connectivity index (χ1v) is 9.25. The van der Waals surface area contributed by atoms with Crippen molar-refractivity contribution in [1.29, 1.82) is 0 Å². The quantitative estimate of drug-likeness (QED) is 0.702. The third kappa shape index (κ3) is 4.78. The van der Waals surface area contributed by atoms with E-state index in [0.29, 0.717) is 18.0 Å². The molecule has 0 aromatic heterocycles. The van der Waals surface area contributed by atoms with E-state index in [9.17, 15) is 9.59 Å². The van der Waals surface area contributed by atoms with Gasteiger partial charge in [0.25, 0.3) is 5.91 Å². The zero-order valence-corrected chi connectivity index (χ0v) is 15.5. The van der Waals surface area contributed by atoms with Gasteiger partial charge in [0.1, 0.15) is 5.75 Å². The average Bonchev–Trinajstić information content (AvgIpc) is 2.65. The van der Waals surface area contributed by atoms with Crippen LogP contribution in [0.15, 0.2) is 54.6 Å². The number of carbonyl (C=O) groups excluding carboxylic acids is 2. The largest absolute Gasteiger partial charge is 0.484 e. The highest BCUT2D eigenvalue weighted by atomic mass is 16.5. The van der Waals surface area contributed by atoms with Crippen molar-refractivity contribution in [2.24, 2.45) is 0 Å². The number of benzene rings is 2. The van der Waals surface area contributed by atoms with Crippen molar-refractivity contribution >= 4 is 17.6 Å². The molecular formula is C21H25N3O3. The first-order chi connectivity index (χ1) is 13.1. The van der Waals surface area contributed by atoms with Crippen LogP contribution >= 0.6 is 0 Å². The molecule has 3 N–H and O–H groups in total. The molecule has 0 saturated heterocycles. The molecule has 1 saturated carbocycles. The molecule has 1 aliphatic rings. The van der Waals surface area contributed by atoms with E-state index in [1.807, 2.05) is 25.1 Å². The minimum Gasteiger partial charge on any atom is -0.484 e. The standard InChI is InChI=1S/C21H25N3O3/c1-2-22-19(25)15-27-18-11-9-17(10-12-18)23-20(26)24-21(13-6-14-21)16-7-4-3-5-8-16/h3-5,7-12H,2,6,13-15H2,1H3,(H,22,25)(H2,23,24,26). The SMILES string of the molecule is CCNC(=O)COc1ccc(NC(=O)NC2(c3ccccc3)CCC2)cc1. The zero-order chi connectivity index (χ0) is 19.1. The van der Waals surface area contributed by atoms with Gasteiger partial charge < -0.3 is 20.7 Å². The summed E-state index contributed by atoms with van der Waals surface area (Å²) >= 11 is 0. The van der Waals surface area contributed by atoms with E-state index in [2.05, 4.69) is 28.1 Å². The Morgan fingerprint density at radius 1 is 1.04 bits per heavy atom. The summed E-state index contributed by atoms with van der Waals surface area (Å²) < 4.78 is 5.40. The first-order valence-electron chi connectivity index (χ1n) is 9.25. The lowest BCUT2D eigenvalue weighted by molar-refractivity contribution is -0.122. The van der Waals surface area contributed by atoms with Crippen LogP contribution < -0.4 is 20.7 Å². The number of hydrogen-bond donors (Lipinski definition) is 3. The highest BCUT2D eigenvalue weighted by molar-refractivity contribution is 5.90. The Labute approximate surface area is 159 Å². The third-order valence-electron chi connectivity index (χ3n) is 4.74. The Hall–Kier alpha value is -3.02. The van der Waals surface area contributed by atoms with Crippen molar-refractivity contribution in [1.82, 2.24) is 10.6 Å². The second-order valence-electron chi connectivity index (χ2n) is 6.65. The first kappa shape index (κ1) is 18.8. The fourth-order valence-corrected chi connectivity index (χ4v) is 3.18. The topological polar surface area (TPSA) is 79.5 Å². The predicted molar refractivity (Wildman–Crippen MR) is 105 cm³/mol. The number of hydrogen-bond acceptors (Lipinski definition) is 3. The van der Waals surface area contributed by atoms with Crippen molar-refractivity contribution in [2.75, 3.05) is 18.5 Å². The molecule has 3 amide bonds. The summed E-state index contributed by atoms with van der Waals surface area (Å²) in [6.07, 6.45) is 2.99. The third-order valence-corrected chi connectivity index (χ3v) is 4.74. The molecule has 0 radical (unpaired) electrons. The van der Waals surface area contributed by atoms with Crippen molar-refractivity contribution in [3.63, 3.8) is 0 Å². The van der Waals surface area contributed by atoms with Crippen LogP contribution in [0.4, 0.5) is 10.5 Å². The van der Waals surface area contributed by atoms with E-state index < -0.39 is 0 Å². The molecule has 0 bridgehead atoms. The number of urea groups is 1. The maximum atomic E-state index is 12.5. The lowest BCUT2D eigenvalue weighted by Gasteiger charge is -2.43. The Balaban J connectivity index is 1.54. The van der Waals surface area contributed by atoms with Crippen molar-refractivity contribution in [2.45, 2.75) is 31.7 Å². The molecule has 0 heterocycles. The Kier molecular flexibility index (Phi) is 5.96. The van der Waals surface area contributed by atoms with Crippen LogP contribution in [0.1, 0.15) is 31.7 Å². The number of likely N-dealkylation sites (N-methyl/N-ethyl adjacent to an activating group) is 1. The maximum absolute atomic E-state index is 12.5. The summed E-state index contributed by atoms with van der Waals surface area (Å²) in [6, 6.07) is 16.8. The van der Waals surface area contributed by atoms with E-state index in [1.54, 1.807) is 24.3 Å². The molecule has 0 unspecified atom stereocenters. The van der Waals surface area contributed by atoms with E-state index in [-0.39, 0.29) is 24.1 Å². The molecule has 2 aromatic carbocycles. The predicted octanol–water partition coefficient (Wildman–Crippen LogP) is 3.40. The van der Waals surface area contributed by atoms with E-state index >= 15 is 0 Å². The van der Waals surface area contributed by atoms with Gasteiger partial charge in [-0.1, -0.05) is 30.3 Å². The minimum atomic E-state index is -0.277. The Bertz CT molecular complexity index is 771. The fourth-order valence-electron chi connectivity index (χ4n) is 3.18.